The van der Waals surface area contributed by atoms with Gasteiger partial charge in [0.05, 0.1) is 11.4 Å². The van der Waals surface area contributed by atoms with Gasteiger partial charge in [-0.25, -0.2) is 0 Å². The Labute approximate surface area is 119 Å². The van der Waals surface area contributed by atoms with Crippen molar-refractivity contribution in [1.29, 1.82) is 0 Å². The van der Waals surface area contributed by atoms with Crippen molar-refractivity contribution in [2.45, 2.75) is 38.6 Å². The van der Waals surface area contributed by atoms with Gasteiger partial charge in [0.25, 0.3) is 0 Å². The van der Waals surface area contributed by atoms with Crippen LogP contribution in [0.3, 0.4) is 0 Å². The first-order valence-electron chi connectivity index (χ1n) is 7.50. The van der Waals surface area contributed by atoms with Crippen molar-refractivity contribution in [3.05, 3.63) is 23.8 Å². The molecule has 1 aromatic carbocycles. The molecular formula is C16H23N3O. The van der Waals surface area contributed by atoms with Crippen LogP contribution in [0.5, 0.6) is 0 Å². The van der Waals surface area contributed by atoms with Crippen molar-refractivity contribution in [3.63, 3.8) is 0 Å². The second-order valence-corrected chi connectivity index (χ2v) is 6.44. The van der Waals surface area contributed by atoms with E-state index in [1.165, 1.54) is 25.7 Å². The maximum absolute atomic E-state index is 11.3. The summed E-state index contributed by atoms with van der Waals surface area (Å²) in [6.45, 7) is 2.22. The highest BCUT2D eigenvalue weighted by Crippen LogP contribution is 2.50. The number of nitrogens with two attached hydrogens (primary N) is 2. The zero-order valence-electron chi connectivity index (χ0n) is 11.9. The second kappa shape index (κ2) is 5.00. The monoisotopic (exact) mass is 273 g/mol. The van der Waals surface area contributed by atoms with Crippen LogP contribution in [0.15, 0.2) is 18.2 Å². The fourth-order valence-electron chi connectivity index (χ4n) is 4.09. The summed E-state index contributed by atoms with van der Waals surface area (Å²) in [7, 11) is 0. The average molecular weight is 273 g/mol. The molecular weight excluding hydrogens is 250 g/mol. The number of hydrogen-bond acceptors (Lipinski definition) is 3. The van der Waals surface area contributed by atoms with Gasteiger partial charge in [0.15, 0.2) is 0 Å². The van der Waals surface area contributed by atoms with E-state index in [4.69, 9.17) is 11.5 Å². The van der Waals surface area contributed by atoms with Gasteiger partial charge in [-0.2, -0.15) is 0 Å². The number of benzene rings is 1. The Hall–Kier alpha value is -1.71. The number of fused-ring (bicyclic) bond motifs is 2. The van der Waals surface area contributed by atoms with Crippen LogP contribution < -0.4 is 16.8 Å². The van der Waals surface area contributed by atoms with Crippen LogP contribution in [-0.4, -0.2) is 11.9 Å². The predicted molar refractivity (Wildman–Crippen MR) is 81.4 cm³/mol. The minimum Gasteiger partial charge on any atom is -0.397 e. The number of amides is 1. The van der Waals surface area contributed by atoms with Crippen LogP contribution in [0.25, 0.3) is 0 Å². The highest BCUT2D eigenvalue weighted by Gasteiger charge is 2.41. The summed E-state index contributed by atoms with van der Waals surface area (Å²) >= 11 is 0. The fourth-order valence-corrected chi connectivity index (χ4v) is 4.09. The molecule has 108 valence electrons. The molecule has 2 fully saturated rings. The molecule has 4 atom stereocenters. The van der Waals surface area contributed by atoms with Crippen molar-refractivity contribution >= 4 is 17.3 Å². The topological polar surface area (TPSA) is 81.1 Å². The van der Waals surface area contributed by atoms with E-state index in [0.717, 1.165) is 23.4 Å². The molecule has 4 nitrogen and oxygen atoms in total. The van der Waals surface area contributed by atoms with Crippen molar-refractivity contribution in [2.75, 3.05) is 11.1 Å². The number of nitrogen functional groups attached to an aromatic ring is 1. The van der Waals surface area contributed by atoms with E-state index >= 15 is 0 Å². The third-order valence-corrected chi connectivity index (χ3v) is 5.16. The van der Waals surface area contributed by atoms with Gasteiger partial charge in [0.1, 0.15) is 0 Å². The lowest BCUT2D eigenvalue weighted by Gasteiger charge is -2.29. The summed E-state index contributed by atoms with van der Waals surface area (Å²) < 4.78 is 0. The van der Waals surface area contributed by atoms with Gasteiger partial charge in [-0.1, -0.05) is 6.42 Å². The summed E-state index contributed by atoms with van der Waals surface area (Å²) in [4.78, 5) is 11.3. The van der Waals surface area contributed by atoms with Crippen LogP contribution in [0.1, 0.15) is 43.0 Å². The minimum absolute atomic E-state index is 0.385. The maximum Gasteiger partial charge on any atom is 0.248 e. The van der Waals surface area contributed by atoms with Crippen LogP contribution in [0.4, 0.5) is 11.4 Å². The van der Waals surface area contributed by atoms with E-state index < -0.39 is 5.91 Å². The van der Waals surface area contributed by atoms with E-state index in [1.807, 2.05) is 0 Å². The number of rotatable bonds is 4. The molecule has 2 bridgehead atoms. The summed E-state index contributed by atoms with van der Waals surface area (Å²) in [5, 5.41) is 3.50. The van der Waals surface area contributed by atoms with Crippen LogP contribution in [0.2, 0.25) is 0 Å². The lowest BCUT2D eigenvalue weighted by molar-refractivity contribution is 0.100. The molecule has 0 aliphatic heterocycles. The van der Waals surface area contributed by atoms with Gasteiger partial charge in [-0.15, -0.1) is 0 Å². The molecule has 2 aliphatic rings. The Morgan fingerprint density at radius 3 is 2.75 bits per heavy atom. The van der Waals surface area contributed by atoms with Crippen LogP contribution in [0, 0.1) is 17.8 Å². The third kappa shape index (κ3) is 2.35. The molecule has 2 saturated carbocycles. The van der Waals surface area contributed by atoms with Crippen LogP contribution in [-0.2, 0) is 0 Å². The van der Waals surface area contributed by atoms with E-state index in [0.29, 0.717) is 17.3 Å². The fraction of sp³-hybridized carbons (Fsp3) is 0.562. The van der Waals surface area contributed by atoms with E-state index in [-0.39, 0.29) is 0 Å². The second-order valence-electron chi connectivity index (χ2n) is 6.44. The number of carbonyl (C=O) groups excluding carboxylic acids is 1. The number of nitrogens with one attached hydrogen (secondary N) is 1. The van der Waals surface area contributed by atoms with Crippen molar-refractivity contribution < 1.29 is 4.79 Å². The van der Waals surface area contributed by atoms with Gasteiger partial charge in [0, 0.05) is 11.6 Å². The largest absolute Gasteiger partial charge is 0.397 e. The molecule has 1 amide bonds. The smallest absolute Gasteiger partial charge is 0.248 e. The summed E-state index contributed by atoms with van der Waals surface area (Å²) in [6.07, 6.45) is 5.51. The van der Waals surface area contributed by atoms with Crippen molar-refractivity contribution in [1.82, 2.24) is 0 Å². The van der Waals surface area contributed by atoms with Gasteiger partial charge in [-0.3, -0.25) is 4.79 Å². The third-order valence-electron chi connectivity index (χ3n) is 5.16. The first-order chi connectivity index (χ1) is 9.54. The Morgan fingerprint density at radius 1 is 1.35 bits per heavy atom. The number of primary amides is 1. The first-order valence-corrected chi connectivity index (χ1v) is 7.50. The predicted octanol–water partition coefficient (Wildman–Crippen LogP) is 2.60. The molecule has 0 spiro atoms. The molecule has 4 heteroatoms. The normalized spacial score (nSPS) is 29.4. The molecule has 4 unspecified atom stereocenters. The van der Waals surface area contributed by atoms with Crippen molar-refractivity contribution in [3.8, 4) is 0 Å². The molecule has 0 heterocycles. The van der Waals surface area contributed by atoms with E-state index in [1.54, 1.807) is 18.2 Å². The lowest BCUT2D eigenvalue weighted by Crippen LogP contribution is -2.30. The molecule has 3 rings (SSSR count). The molecule has 0 saturated heterocycles. The van der Waals surface area contributed by atoms with Gasteiger partial charge < -0.3 is 16.8 Å². The number of hydrogen-bond donors (Lipinski definition) is 3. The van der Waals surface area contributed by atoms with Gasteiger partial charge in [-0.05, 0) is 62.1 Å². The summed E-state index contributed by atoms with van der Waals surface area (Å²) in [6, 6.07) is 5.57. The first kappa shape index (κ1) is 13.3. The lowest BCUT2D eigenvalue weighted by atomic mass is 9.84. The van der Waals surface area contributed by atoms with Gasteiger partial charge >= 0.3 is 0 Å². The SMILES string of the molecule is CC(Nc1cc(C(N)=O)ccc1N)C1CC2CCC1C2. The van der Waals surface area contributed by atoms with E-state index in [9.17, 15) is 4.79 Å². The zero-order valence-corrected chi connectivity index (χ0v) is 11.9. The average Bonchev–Trinajstić information content (AvgIpc) is 3.03. The molecule has 5 N–H and O–H groups in total. The molecule has 1 aromatic rings. The Kier molecular flexibility index (Phi) is 3.32. The molecule has 2 aliphatic carbocycles. The van der Waals surface area contributed by atoms with Crippen LogP contribution >= 0.6 is 0 Å². The number of anilines is 2. The molecule has 20 heavy (non-hydrogen) atoms. The standard InChI is InChI=1S/C16H23N3O/c1-9(13-7-10-2-3-11(13)6-10)19-15-8-12(16(18)20)4-5-14(15)17/h4-5,8-11,13,19H,2-3,6-7,17H2,1H3,(H2,18,20). The quantitative estimate of drug-likeness (QED) is 0.738. The molecule has 0 aromatic heterocycles. The summed E-state index contributed by atoms with van der Waals surface area (Å²) in [5.41, 5.74) is 13.3. The van der Waals surface area contributed by atoms with Crippen molar-refractivity contribution in [2.24, 2.45) is 23.5 Å². The Balaban J connectivity index is 1.74. The maximum atomic E-state index is 11.3. The summed E-state index contributed by atoms with van der Waals surface area (Å²) in [5.74, 6) is 2.11. The highest BCUT2D eigenvalue weighted by atomic mass is 16.1. The molecule has 0 radical (unpaired) electrons. The number of carbonyl (C=O) groups is 1. The Bertz CT molecular complexity index is 528. The zero-order chi connectivity index (χ0) is 14.3. The highest BCUT2D eigenvalue weighted by molar-refractivity contribution is 5.94. The van der Waals surface area contributed by atoms with E-state index in [2.05, 4.69) is 12.2 Å². The Morgan fingerprint density at radius 2 is 2.15 bits per heavy atom. The minimum atomic E-state index is -0.416. The van der Waals surface area contributed by atoms with Gasteiger partial charge in [0.2, 0.25) is 5.91 Å².